The van der Waals surface area contributed by atoms with Crippen LogP contribution in [0.15, 0.2) is 35.3 Å². The minimum absolute atomic E-state index is 0.0365. The molecule has 19 heavy (non-hydrogen) atoms. The Balaban J connectivity index is 2.28. The number of amidine groups is 1. The minimum atomic E-state index is -0.0365. The molecule has 1 aromatic heterocycles. The predicted octanol–water partition coefficient (Wildman–Crippen LogP) is 3.54. The van der Waals surface area contributed by atoms with Gasteiger partial charge in [0.15, 0.2) is 0 Å². The van der Waals surface area contributed by atoms with Crippen LogP contribution in [0.4, 0.5) is 11.6 Å². The predicted molar refractivity (Wildman–Crippen MR) is 77.6 cm³/mol. The van der Waals surface area contributed by atoms with Gasteiger partial charge in [0.2, 0.25) is 15.9 Å². The van der Waals surface area contributed by atoms with Crippen LogP contribution in [0.1, 0.15) is 0 Å². The van der Waals surface area contributed by atoms with Crippen LogP contribution in [0, 0.1) is 0 Å². The molecule has 8 heteroatoms. The van der Waals surface area contributed by atoms with Crippen LogP contribution >= 0.6 is 34.8 Å². The summed E-state index contributed by atoms with van der Waals surface area (Å²) in [4.78, 5) is 17.0. The molecule has 5 nitrogen and oxygen atoms in total. The van der Waals surface area contributed by atoms with Gasteiger partial charge in [-0.1, -0.05) is 18.2 Å². The number of hydrogen-bond donors (Lipinski definition) is 0. The van der Waals surface area contributed by atoms with Crippen LogP contribution in [0.5, 0.6) is 0 Å². The number of anilines is 1. The van der Waals surface area contributed by atoms with Gasteiger partial charge in [0, 0.05) is 12.7 Å². The summed E-state index contributed by atoms with van der Waals surface area (Å²) in [5.41, 5.74) is 0.877. The number of aromatic nitrogens is 3. The maximum absolute atomic E-state index is 6.09. The van der Waals surface area contributed by atoms with E-state index in [2.05, 4.69) is 19.9 Å². The first-order valence-electron chi connectivity index (χ1n) is 5.16. The summed E-state index contributed by atoms with van der Waals surface area (Å²) in [5, 5.41) is 0.112. The number of aliphatic imine (C=N–C) groups is 1. The molecule has 0 spiro atoms. The third-order valence-corrected chi connectivity index (χ3v) is 2.86. The van der Waals surface area contributed by atoms with E-state index in [0.29, 0.717) is 0 Å². The summed E-state index contributed by atoms with van der Waals surface area (Å²) in [6.45, 7) is 0. The molecule has 0 saturated carbocycles. The lowest BCUT2D eigenvalue weighted by atomic mass is 10.3. The van der Waals surface area contributed by atoms with Gasteiger partial charge in [-0.2, -0.15) is 19.9 Å². The smallest absolute Gasteiger partial charge is 0.257 e. The van der Waals surface area contributed by atoms with Crippen molar-refractivity contribution >= 4 is 51.7 Å². The van der Waals surface area contributed by atoms with E-state index in [4.69, 9.17) is 34.8 Å². The molecule has 0 saturated heterocycles. The average molecular weight is 317 g/mol. The fourth-order valence-corrected chi connectivity index (χ4v) is 1.81. The van der Waals surface area contributed by atoms with Gasteiger partial charge in [-0.05, 0) is 46.9 Å². The summed E-state index contributed by atoms with van der Waals surface area (Å²) >= 11 is 17.4. The molecule has 0 unspecified atom stereocenters. The van der Waals surface area contributed by atoms with Crippen LogP contribution in [-0.4, -0.2) is 27.3 Å². The van der Waals surface area contributed by atoms with Gasteiger partial charge in [-0.3, -0.25) is 0 Å². The summed E-state index contributed by atoms with van der Waals surface area (Å²) in [5.74, 6) is 0.0535. The Morgan fingerprint density at radius 3 is 2.21 bits per heavy atom. The number of para-hydroxylation sites is 1. The highest BCUT2D eigenvalue weighted by atomic mass is 35.5. The Hall–Kier alpha value is -1.43. The number of nitrogens with zero attached hydrogens (tertiary/aromatic N) is 5. The monoisotopic (exact) mass is 315 g/mol. The van der Waals surface area contributed by atoms with E-state index in [0.717, 1.165) is 5.69 Å². The lowest BCUT2D eigenvalue weighted by Crippen LogP contribution is -2.21. The fourth-order valence-electron chi connectivity index (χ4n) is 1.28. The molecule has 2 rings (SSSR count). The topological polar surface area (TPSA) is 54.3 Å². The Labute approximate surface area is 124 Å². The average Bonchev–Trinajstić information content (AvgIpc) is 2.37. The molecule has 0 aliphatic rings. The van der Waals surface area contributed by atoms with Crippen molar-refractivity contribution in [1.29, 1.82) is 0 Å². The fraction of sp³-hybridized carbons (Fsp3) is 0.0909. The normalized spacial score (nSPS) is 11.5. The maximum Gasteiger partial charge on any atom is 0.257 e. The molecule has 0 N–H and O–H groups in total. The maximum atomic E-state index is 6.09. The molecule has 0 atom stereocenters. The third-order valence-electron chi connectivity index (χ3n) is 2.18. The highest BCUT2D eigenvalue weighted by Gasteiger charge is 2.08. The second-order valence-corrected chi connectivity index (χ2v) is 4.46. The molecule has 0 fully saturated rings. The van der Waals surface area contributed by atoms with Gasteiger partial charge in [0.25, 0.3) is 5.95 Å². The highest BCUT2D eigenvalue weighted by molar-refractivity contribution is 6.68. The molecule has 1 aromatic carbocycles. The standard InChI is InChI=1S/C11H8Cl3N5/c1-19(7-5-3-2-4-6-7)10(14)18-11-16-8(12)15-9(13)17-11/h2-6H,1H3. The van der Waals surface area contributed by atoms with E-state index in [1.165, 1.54) is 0 Å². The van der Waals surface area contributed by atoms with Gasteiger partial charge in [0.1, 0.15) is 0 Å². The first-order valence-corrected chi connectivity index (χ1v) is 6.29. The number of benzene rings is 1. The van der Waals surface area contributed by atoms with Crippen LogP contribution < -0.4 is 4.90 Å². The largest absolute Gasteiger partial charge is 0.320 e. The molecule has 0 radical (unpaired) electrons. The van der Waals surface area contributed by atoms with Crippen LogP contribution in [0.3, 0.4) is 0 Å². The summed E-state index contributed by atoms with van der Waals surface area (Å²) in [7, 11) is 1.77. The van der Waals surface area contributed by atoms with Crippen molar-refractivity contribution in [1.82, 2.24) is 15.0 Å². The molecule has 0 bridgehead atoms. The molecule has 1 heterocycles. The Morgan fingerprint density at radius 2 is 1.63 bits per heavy atom. The van der Waals surface area contributed by atoms with Crippen molar-refractivity contribution in [3.05, 3.63) is 40.9 Å². The molecule has 2 aromatic rings. The van der Waals surface area contributed by atoms with Crippen molar-refractivity contribution in [2.75, 3.05) is 11.9 Å². The second-order valence-electron chi connectivity index (χ2n) is 3.45. The lowest BCUT2D eigenvalue weighted by molar-refractivity contribution is 1.03. The van der Waals surface area contributed by atoms with Crippen LogP contribution in [0.2, 0.25) is 10.6 Å². The SMILES string of the molecule is CN(C(Cl)=Nc1nc(Cl)nc(Cl)n1)c1ccccc1. The molecular formula is C11H8Cl3N5. The van der Waals surface area contributed by atoms with Crippen LogP contribution in [0.25, 0.3) is 0 Å². The molecule has 0 amide bonds. The second kappa shape index (κ2) is 6.14. The van der Waals surface area contributed by atoms with Gasteiger partial charge >= 0.3 is 0 Å². The molecule has 98 valence electrons. The first-order chi connectivity index (χ1) is 9.06. The van der Waals surface area contributed by atoms with E-state index in [-0.39, 0.29) is 21.8 Å². The summed E-state index contributed by atoms with van der Waals surface area (Å²) in [6, 6.07) is 9.49. The third kappa shape index (κ3) is 3.76. The quantitative estimate of drug-likeness (QED) is 0.483. The molecule has 0 aliphatic heterocycles. The van der Waals surface area contributed by atoms with E-state index in [1.54, 1.807) is 11.9 Å². The number of rotatable bonds is 2. The highest BCUT2D eigenvalue weighted by Crippen LogP contribution is 2.17. The summed E-state index contributed by atoms with van der Waals surface area (Å²) in [6.07, 6.45) is 0. The summed E-state index contributed by atoms with van der Waals surface area (Å²) < 4.78 is 0. The Bertz CT molecular complexity index is 582. The van der Waals surface area contributed by atoms with Crippen molar-refractivity contribution < 1.29 is 0 Å². The van der Waals surface area contributed by atoms with Gasteiger partial charge in [0.05, 0.1) is 0 Å². The van der Waals surface area contributed by atoms with Gasteiger partial charge in [-0.25, -0.2) is 0 Å². The number of hydrogen-bond acceptors (Lipinski definition) is 4. The van der Waals surface area contributed by atoms with Crippen molar-refractivity contribution in [2.24, 2.45) is 4.99 Å². The zero-order valence-electron chi connectivity index (χ0n) is 9.76. The van der Waals surface area contributed by atoms with Crippen molar-refractivity contribution in [3.8, 4) is 0 Å². The lowest BCUT2D eigenvalue weighted by Gasteiger charge is -2.16. The molecule has 0 aliphatic carbocycles. The van der Waals surface area contributed by atoms with E-state index >= 15 is 0 Å². The van der Waals surface area contributed by atoms with Gasteiger partial charge in [-0.15, -0.1) is 0 Å². The van der Waals surface area contributed by atoms with E-state index in [9.17, 15) is 0 Å². The Kier molecular flexibility index (Phi) is 4.52. The van der Waals surface area contributed by atoms with E-state index in [1.807, 2.05) is 30.3 Å². The minimum Gasteiger partial charge on any atom is -0.320 e. The van der Waals surface area contributed by atoms with Gasteiger partial charge < -0.3 is 4.90 Å². The number of halogens is 3. The first kappa shape index (κ1) is 14.0. The van der Waals surface area contributed by atoms with Crippen molar-refractivity contribution in [3.63, 3.8) is 0 Å². The zero-order valence-corrected chi connectivity index (χ0v) is 12.0. The zero-order chi connectivity index (χ0) is 13.8. The Morgan fingerprint density at radius 1 is 1.05 bits per heavy atom. The van der Waals surface area contributed by atoms with E-state index < -0.39 is 0 Å². The van der Waals surface area contributed by atoms with Crippen molar-refractivity contribution in [2.45, 2.75) is 0 Å². The van der Waals surface area contributed by atoms with Crippen LogP contribution in [-0.2, 0) is 0 Å². The molecular weight excluding hydrogens is 309 g/mol.